The van der Waals surface area contributed by atoms with Crippen LogP contribution in [0.4, 0.5) is 0 Å². The largest absolute Gasteiger partial charge is 0.383 e. The van der Waals surface area contributed by atoms with Gasteiger partial charge in [0.05, 0.1) is 13.2 Å². The number of carbonyl (C=O) groups excluding carboxylic acids is 1. The molecule has 3 atom stereocenters. The molecule has 0 heterocycles. The van der Waals surface area contributed by atoms with Crippen LogP contribution in [0.3, 0.4) is 0 Å². The summed E-state index contributed by atoms with van der Waals surface area (Å²) in [5.41, 5.74) is 0. The van der Waals surface area contributed by atoms with E-state index in [4.69, 9.17) is 4.74 Å². The van der Waals surface area contributed by atoms with Gasteiger partial charge in [0.2, 0.25) is 5.91 Å². The standard InChI is InChI=1S/C13H24N2O2/c1-17-5-4-14-9-13(16)15-8-12-7-10-2-3-11(12)6-10/h10-12,14H,2-9H2,1H3,(H,15,16). The van der Waals surface area contributed by atoms with Crippen LogP contribution in [-0.4, -0.2) is 39.3 Å². The zero-order chi connectivity index (χ0) is 12.1. The first kappa shape index (κ1) is 12.8. The topological polar surface area (TPSA) is 50.4 Å². The molecule has 0 aliphatic heterocycles. The Balaban J connectivity index is 1.54. The second kappa shape index (κ2) is 6.36. The molecule has 2 aliphatic carbocycles. The van der Waals surface area contributed by atoms with Crippen LogP contribution in [0.5, 0.6) is 0 Å². The average Bonchev–Trinajstić information content (AvgIpc) is 2.94. The van der Waals surface area contributed by atoms with Gasteiger partial charge in [-0.15, -0.1) is 0 Å². The minimum absolute atomic E-state index is 0.115. The lowest BCUT2D eigenvalue weighted by Crippen LogP contribution is -2.38. The highest BCUT2D eigenvalue weighted by molar-refractivity contribution is 5.77. The molecule has 2 saturated carbocycles. The predicted octanol–water partition coefficient (Wildman–Crippen LogP) is 0.775. The van der Waals surface area contributed by atoms with Crippen LogP contribution >= 0.6 is 0 Å². The van der Waals surface area contributed by atoms with Crippen LogP contribution in [0.15, 0.2) is 0 Å². The zero-order valence-electron chi connectivity index (χ0n) is 10.7. The highest BCUT2D eigenvalue weighted by Gasteiger charge is 2.39. The van der Waals surface area contributed by atoms with Gasteiger partial charge in [0.15, 0.2) is 0 Å². The van der Waals surface area contributed by atoms with Crippen molar-refractivity contribution >= 4 is 5.91 Å². The fourth-order valence-corrected chi connectivity index (χ4v) is 3.31. The molecule has 2 rings (SSSR count). The van der Waals surface area contributed by atoms with E-state index in [0.717, 1.165) is 30.8 Å². The molecule has 0 aromatic carbocycles. The molecule has 98 valence electrons. The lowest BCUT2D eigenvalue weighted by molar-refractivity contribution is -0.120. The number of hydrogen-bond acceptors (Lipinski definition) is 3. The van der Waals surface area contributed by atoms with Gasteiger partial charge in [-0.2, -0.15) is 0 Å². The summed E-state index contributed by atoms with van der Waals surface area (Å²) >= 11 is 0. The molecule has 0 aromatic rings. The summed E-state index contributed by atoms with van der Waals surface area (Å²) in [5, 5.41) is 6.10. The molecule has 1 amide bonds. The average molecular weight is 240 g/mol. The van der Waals surface area contributed by atoms with Gasteiger partial charge in [0, 0.05) is 20.2 Å². The van der Waals surface area contributed by atoms with Crippen molar-refractivity contribution in [2.24, 2.45) is 17.8 Å². The van der Waals surface area contributed by atoms with E-state index in [1.165, 1.54) is 25.7 Å². The number of hydrogen-bond donors (Lipinski definition) is 2. The first-order valence-electron chi connectivity index (χ1n) is 6.76. The van der Waals surface area contributed by atoms with Crippen LogP contribution in [-0.2, 0) is 9.53 Å². The number of ether oxygens (including phenoxy) is 1. The van der Waals surface area contributed by atoms with E-state index in [-0.39, 0.29) is 5.91 Å². The number of methoxy groups -OCH3 is 1. The molecule has 2 aliphatic rings. The van der Waals surface area contributed by atoms with Gasteiger partial charge in [-0.1, -0.05) is 6.42 Å². The summed E-state index contributed by atoms with van der Waals surface area (Å²) in [5.74, 6) is 2.71. The quantitative estimate of drug-likeness (QED) is 0.646. The normalized spacial score (nSPS) is 30.8. The van der Waals surface area contributed by atoms with Crippen molar-refractivity contribution in [1.29, 1.82) is 0 Å². The lowest BCUT2D eigenvalue weighted by atomic mass is 9.89. The Bertz CT molecular complexity index is 258. The second-order valence-corrected chi connectivity index (χ2v) is 5.41. The third-order valence-corrected chi connectivity index (χ3v) is 4.21. The number of rotatable bonds is 7. The number of carbonyl (C=O) groups is 1. The van der Waals surface area contributed by atoms with Gasteiger partial charge in [0.25, 0.3) is 0 Å². The first-order valence-corrected chi connectivity index (χ1v) is 6.76. The van der Waals surface area contributed by atoms with E-state index in [9.17, 15) is 4.79 Å². The van der Waals surface area contributed by atoms with E-state index < -0.39 is 0 Å². The number of amides is 1. The molecule has 0 saturated heterocycles. The SMILES string of the molecule is COCCNCC(=O)NCC1CC2CCC1C2. The molecule has 2 bridgehead atoms. The molecule has 2 N–H and O–H groups in total. The van der Waals surface area contributed by atoms with Crippen molar-refractivity contribution in [2.75, 3.05) is 33.4 Å². The first-order chi connectivity index (χ1) is 8.29. The van der Waals surface area contributed by atoms with Gasteiger partial charge >= 0.3 is 0 Å². The molecule has 0 radical (unpaired) electrons. The van der Waals surface area contributed by atoms with Gasteiger partial charge in [0.1, 0.15) is 0 Å². The molecular formula is C13H24N2O2. The van der Waals surface area contributed by atoms with Gasteiger partial charge < -0.3 is 15.4 Å². The Labute approximate surface area is 103 Å². The molecule has 4 heteroatoms. The molecule has 0 spiro atoms. The van der Waals surface area contributed by atoms with E-state index in [0.29, 0.717) is 13.2 Å². The maximum absolute atomic E-state index is 11.6. The molecule has 17 heavy (non-hydrogen) atoms. The predicted molar refractivity (Wildman–Crippen MR) is 66.7 cm³/mol. The molecular weight excluding hydrogens is 216 g/mol. The highest BCUT2D eigenvalue weighted by Crippen LogP contribution is 2.47. The van der Waals surface area contributed by atoms with E-state index >= 15 is 0 Å². The van der Waals surface area contributed by atoms with E-state index in [1.807, 2.05) is 0 Å². The highest BCUT2D eigenvalue weighted by atomic mass is 16.5. The van der Waals surface area contributed by atoms with Crippen molar-refractivity contribution in [1.82, 2.24) is 10.6 Å². The fourth-order valence-electron chi connectivity index (χ4n) is 3.31. The Morgan fingerprint density at radius 3 is 2.88 bits per heavy atom. The van der Waals surface area contributed by atoms with Crippen LogP contribution < -0.4 is 10.6 Å². The van der Waals surface area contributed by atoms with Crippen LogP contribution in [0, 0.1) is 17.8 Å². The molecule has 2 fully saturated rings. The summed E-state index contributed by atoms with van der Waals surface area (Å²) in [6.07, 6.45) is 5.56. The summed E-state index contributed by atoms with van der Waals surface area (Å²) in [6.45, 7) is 2.67. The minimum Gasteiger partial charge on any atom is -0.383 e. The van der Waals surface area contributed by atoms with Crippen molar-refractivity contribution < 1.29 is 9.53 Å². The van der Waals surface area contributed by atoms with Gasteiger partial charge in [-0.05, 0) is 37.0 Å². The second-order valence-electron chi connectivity index (χ2n) is 5.41. The summed E-state index contributed by atoms with van der Waals surface area (Å²) in [7, 11) is 1.66. The Kier molecular flexibility index (Phi) is 4.80. The Hall–Kier alpha value is -0.610. The van der Waals surface area contributed by atoms with E-state index in [1.54, 1.807) is 7.11 Å². The fraction of sp³-hybridized carbons (Fsp3) is 0.923. The van der Waals surface area contributed by atoms with Crippen molar-refractivity contribution in [3.63, 3.8) is 0 Å². The Morgan fingerprint density at radius 1 is 1.35 bits per heavy atom. The lowest BCUT2D eigenvalue weighted by Gasteiger charge is -2.21. The van der Waals surface area contributed by atoms with Gasteiger partial charge in [-0.25, -0.2) is 0 Å². The van der Waals surface area contributed by atoms with Crippen molar-refractivity contribution in [2.45, 2.75) is 25.7 Å². The van der Waals surface area contributed by atoms with Crippen molar-refractivity contribution in [3.8, 4) is 0 Å². The minimum atomic E-state index is 0.115. The van der Waals surface area contributed by atoms with Crippen LogP contribution in [0.1, 0.15) is 25.7 Å². The number of fused-ring (bicyclic) bond motifs is 2. The molecule has 0 aromatic heterocycles. The summed E-state index contributed by atoms with van der Waals surface area (Å²) in [6, 6.07) is 0. The monoisotopic (exact) mass is 240 g/mol. The smallest absolute Gasteiger partial charge is 0.233 e. The number of nitrogens with one attached hydrogen (secondary N) is 2. The maximum atomic E-state index is 11.6. The van der Waals surface area contributed by atoms with Crippen LogP contribution in [0.25, 0.3) is 0 Å². The van der Waals surface area contributed by atoms with Crippen LogP contribution in [0.2, 0.25) is 0 Å². The van der Waals surface area contributed by atoms with E-state index in [2.05, 4.69) is 10.6 Å². The molecule has 3 unspecified atom stereocenters. The third kappa shape index (κ3) is 3.68. The van der Waals surface area contributed by atoms with Crippen molar-refractivity contribution in [3.05, 3.63) is 0 Å². The zero-order valence-corrected chi connectivity index (χ0v) is 10.7. The maximum Gasteiger partial charge on any atom is 0.233 e. The van der Waals surface area contributed by atoms with Gasteiger partial charge in [-0.3, -0.25) is 4.79 Å². The summed E-state index contributed by atoms with van der Waals surface area (Å²) < 4.78 is 4.90. The molecule has 4 nitrogen and oxygen atoms in total. The summed E-state index contributed by atoms with van der Waals surface area (Å²) in [4.78, 5) is 11.6. The Morgan fingerprint density at radius 2 is 2.24 bits per heavy atom. The third-order valence-electron chi connectivity index (χ3n) is 4.21.